The minimum absolute atomic E-state index is 0.659. The van der Waals surface area contributed by atoms with E-state index in [2.05, 4.69) is 34.1 Å². The third-order valence-corrected chi connectivity index (χ3v) is 3.09. The fourth-order valence-corrected chi connectivity index (χ4v) is 2.10. The van der Waals surface area contributed by atoms with E-state index in [4.69, 9.17) is 9.47 Å². The Labute approximate surface area is 119 Å². The summed E-state index contributed by atoms with van der Waals surface area (Å²) in [6.45, 7) is 4.61. The normalized spacial score (nSPS) is 10.6. The molecule has 5 nitrogen and oxygen atoms in total. The molecule has 0 unspecified atom stereocenters. The predicted octanol–water partition coefficient (Wildman–Crippen LogP) is 2.06. The van der Waals surface area contributed by atoms with Gasteiger partial charge in [0.2, 0.25) is 0 Å². The van der Waals surface area contributed by atoms with Crippen molar-refractivity contribution >= 4 is 0 Å². The topological polar surface area (TPSA) is 48.3 Å². The fraction of sp³-hybridized carbons (Fsp3) is 0.400. The van der Waals surface area contributed by atoms with E-state index in [1.54, 1.807) is 26.5 Å². The smallest absolute Gasteiger partial charge is 0.184 e. The Kier molecular flexibility index (Phi) is 5.01. The zero-order valence-electron chi connectivity index (χ0n) is 12.2. The third-order valence-electron chi connectivity index (χ3n) is 3.09. The summed E-state index contributed by atoms with van der Waals surface area (Å²) in [5.74, 6) is 1.40. The van der Waals surface area contributed by atoms with Crippen LogP contribution in [0.2, 0.25) is 0 Å². The number of nitrogens with zero attached hydrogens (tertiary/aromatic N) is 2. The molecule has 0 aliphatic rings. The zero-order chi connectivity index (χ0) is 14.4. The first-order chi connectivity index (χ1) is 9.78. The number of ether oxygens (including phenoxy) is 2. The van der Waals surface area contributed by atoms with Gasteiger partial charge in [-0.3, -0.25) is 4.98 Å². The zero-order valence-corrected chi connectivity index (χ0v) is 12.2. The van der Waals surface area contributed by atoms with Crippen molar-refractivity contribution in [2.45, 2.75) is 20.0 Å². The Morgan fingerprint density at radius 1 is 1.25 bits per heavy atom. The van der Waals surface area contributed by atoms with Gasteiger partial charge in [-0.2, -0.15) is 0 Å². The molecule has 0 fully saturated rings. The highest BCUT2D eigenvalue weighted by atomic mass is 16.5. The maximum atomic E-state index is 5.40. The van der Waals surface area contributed by atoms with Gasteiger partial charge in [0.25, 0.3) is 0 Å². The van der Waals surface area contributed by atoms with Crippen LogP contribution in [-0.4, -0.2) is 30.3 Å². The van der Waals surface area contributed by atoms with Crippen LogP contribution in [0.1, 0.15) is 18.2 Å². The molecule has 20 heavy (non-hydrogen) atoms. The number of rotatable bonds is 7. The van der Waals surface area contributed by atoms with Gasteiger partial charge in [-0.25, -0.2) is 0 Å². The lowest BCUT2D eigenvalue weighted by Crippen LogP contribution is -2.11. The Balaban J connectivity index is 2.15. The Morgan fingerprint density at radius 3 is 2.80 bits per heavy atom. The largest absolute Gasteiger partial charge is 0.493 e. The van der Waals surface area contributed by atoms with E-state index in [0.29, 0.717) is 18.0 Å². The average molecular weight is 275 g/mol. The molecular formula is C15H21N3O2. The van der Waals surface area contributed by atoms with Crippen LogP contribution in [0, 0.1) is 0 Å². The Morgan fingerprint density at radius 2 is 2.10 bits per heavy atom. The molecule has 2 aromatic heterocycles. The molecule has 0 amide bonds. The summed E-state index contributed by atoms with van der Waals surface area (Å²) in [7, 11) is 3.26. The standard InChI is InChI=1S/C15H21N3O2/c1-4-16-9-12-6-8-18(10-12)11-13-15(20-3)14(19-2)5-7-17-13/h5-8,10,16H,4,9,11H2,1-3H3. The highest BCUT2D eigenvalue weighted by Crippen LogP contribution is 2.29. The molecular weight excluding hydrogens is 254 g/mol. The van der Waals surface area contributed by atoms with E-state index in [0.717, 1.165) is 18.8 Å². The van der Waals surface area contributed by atoms with Gasteiger partial charge in [0, 0.05) is 31.2 Å². The van der Waals surface area contributed by atoms with Crippen LogP contribution in [-0.2, 0) is 13.1 Å². The maximum Gasteiger partial charge on any atom is 0.184 e. The molecule has 0 aliphatic heterocycles. The van der Waals surface area contributed by atoms with Gasteiger partial charge in [0.05, 0.1) is 20.8 Å². The molecule has 0 saturated heterocycles. The summed E-state index contributed by atoms with van der Waals surface area (Å²) in [5, 5.41) is 3.31. The first kappa shape index (κ1) is 14.4. The van der Waals surface area contributed by atoms with Crippen molar-refractivity contribution in [1.82, 2.24) is 14.9 Å². The van der Waals surface area contributed by atoms with E-state index in [1.807, 2.05) is 6.20 Å². The maximum absolute atomic E-state index is 5.40. The van der Waals surface area contributed by atoms with Gasteiger partial charge < -0.3 is 19.4 Å². The quantitative estimate of drug-likeness (QED) is 0.840. The average Bonchev–Trinajstić information content (AvgIpc) is 2.92. The second kappa shape index (κ2) is 6.96. The van der Waals surface area contributed by atoms with Crippen LogP contribution >= 0.6 is 0 Å². The fourth-order valence-electron chi connectivity index (χ4n) is 2.10. The molecule has 5 heteroatoms. The minimum atomic E-state index is 0.659. The highest BCUT2D eigenvalue weighted by Gasteiger charge is 2.11. The second-order valence-corrected chi connectivity index (χ2v) is 4.47. The summed E-state index contributed by atoms with van der Waals surface area (Å²) < 4.78 is 12.8. The van der Waals surface area contributed by atoms with Gasteiger partial charge in [-0.05, 0) is 18.2 Å². The molecule has 108 valence electrons. The van der Waals surface area contributed by atoms with Gasteiger partial charge in [-0.1, -0.05) is 6.92 Å². The first-order valence-electron chi connectivity index (χ1n) is 6.69. The summed E-state index contributed by atoms with van der Waals surface area (Å²) >= 11 is 0. The number of hydrogen-bond acceptors (Lipinski definition) is 4. The number of aromatic nitrogens is 2. The summed E-state index contributed by atoms with van der Waals surface area (Å²) in [6.07, 6.45) is 5.90. The van der Waals surface area contributed by atoms with Crippen molar-refractivity contribution in [2.24, 2.45) is 0 Å². The van der Waals surface area contributed by atoms with E-state index >= 15 is 0 Å². The number of methoxy groups -OCH3 is 2. The SMILES string of the molecule is CCNCc1ccn(Cc2nccc(OC)c2OC)c1. The first-order valence-corrected chi connectivity index (χ1v) is 6.69. The second-order valence-electron chi connectivity index (χ2n) is 4.47. The molecule has 0 bridgehead atoms. The Bertz CT molecular complexity index is 552. The third kappa shape index (κ3) is 3.30. The van der Waals surface area contributed by atoms with Gasteiger partial charge in [0.1, 0.15) is 5.69 Å². The van der Waals surface area contributed by atoms with E-state index < -0.39 is 0 Å². The molecule has 0 radical (unpaired) electrons. The van der Waals surface area contributed by atoms with Gasteiger partial charge in [0.15, 0.2) is 11.5 Å². The predicted molar refractivity (Wildman–Crippen MR) is 78.3 cm³/mol. The van der Waals surface area contributed by atoms with Gasteiger partial charge >= 0.3 is 0 Å². The lowest BCUT2D eigenvalue weighted by molar-refractivity contribution is 0.348. The lowest BCUT2D eigenvalue weighted by atomic mass is 10.3. The van der Waals surface area contributed by atoms with Crippen molar-refractivity contribution in [3.05, 3.63) is 42.0 Å². The number of nitrogens with one attached hydrogen (secondary N) is 1. The van der Waals surface area contributed by atoms with E-state index in [-0.39, 0.29) is 0 Å². The highest BCUT2D eigenvalue weighted by molar-refractivity contribution is 5.42. The molecule has 0 atom stereocenters. The lowest BCUT2D eigenvalue weighted by Gasteiger charge is -2.12. The summed E-state index contributed by atoms with van der Waals surface area (Å²) in [4.78, 5) is 4.38. The van der Waals surface area contributed by atoms with E-state index in [1.165, 1.54) is 5.56 Å². The van der Waals surface area contributed by atoms with Crippen molar-refractivity contribution in [3.8, 4) is 11.5 Å². The molecule has 2 heterocycles. The number of pyridine rings is 1. The van der Waals surface area contributed by atoms with Crippen molar-refractivity contribution in [2.75, 3.05) is 20.8 Å². The summed E-state index contributed by atoms with van der Waals surface area (Å²) in [5.41, 5.74) is 2.12. The Hall–Kier alpha value is -2.01. The van der Waals surface area contributed by atoms with Gasteiger partial charge in [-0.15, -0.1) is 0 Å². The molecule has 0 aromatic carbocycles. The monoisotopic (exact) mass is 275 g/mol. The van der Waals surface area contributed by atoms with E-state index in [9.17, 15) is 0 Å². The molecule has 0 saturated carbocycles. The van der Waals surface area contributed by atoms with Crippen LogP contribution in [0.25, 0.3) is 0 Å². The molecule has 0 spiro atoms. The van der Waals surface area contributed by atoms with Crippen LogP contribution < -0.4 is 14.8 Å². The molecule has 0 aliphatic carbocycles. The van der Waals surface area contributed by atoms with Crippen LogP contribution in [0.3, 0.4) is 0 Å². The molecule has 2 aromatic rings. The van der Waals surface area contributed by atoms with Crippen LogP contribution in [0.15, 0.2) is 30.7 Å². The van der Waals surface area contributed by atoms with Crippen molar-refractivity contribution in [1.29, 1.82) is 0 Å². The van der Waals surface area contributed by atoms with Crippen molar-refractivity contribution in [3.63, 3.8) is 0 Å². The molecule has 2 rings (SSSR count). The summed E-state index contributed by atoms with van der Waals surface area (Å²) in [6, 6.07) is 3.91. The van der Waals surface area contributed by atoms with Crippen molar-refractivity contribution < 1.29 is 9.47 Å². The molecule has 1 N–H and O–H groups in total. The van der Waals surface area contributed by atoms with Crippen LogP contribution in [0.5, 0.6) is 11.5 Å². The number of hydrogen-bond donors (Lipinski definition) is 1. The van der Waals surface area contributed by atoms with Crippen LogP contribution in [0.4, 0.5) is 0 Å². The minimum Gasteiger partial charge on any atom is -0.493 e.